The number of hydrogen-bond acceptors (Lipinski definition) is 4. The highest BCUT2D eigenvalue weighted by Crippen LogP contribution is 2.27. The second-order valence-corrected chi connectivity index (χ2v) is 9.14. The van der Waals surface area contributed by atoms with E-state index in [4.69, 9.17) is 4.98 Å². The molecule has 0 radical (unpaired) electrons. The quantitative estimate of drug-likeness (QED) is 0.540. The maximum Gasteiger partial charge on any atom is 0.254 e. The van der Waals surface area contributed by atoms with Crippen molar-refractivity contribution in [2.75, 3.05) is 13.2 Å². The topological polar surface area (TPSA) is 67.2 Å². The van der Waals surface area contributed by atoms with Gasteiger partial charge < -0.3 is 10.4 Å². The van der Waals surface area contributed by atoms with Crippen LogP contribution in [-0.2, 0) is 13.0 Å². The van der Waals surface area contributed by atoms with Crippen molar-refractivity contribution < 1.29 is 5.11 Å². The summed E-state index contributed by atoms with van der Waals surface area (Å²) in [7, 11) is 0. The smallest absolute Gasteiger partial charge is 0.254 e. The van der Waals surface area contributed by atoms with E-state index in [9.17, 15) is 9.90 Å². The van der Waals surface area contributed by atoms with Gasteiger partial charge in [0.2, 0.25) is 0 Å². The normalized spacial score (nSPS) is 18.4. The van der Waals surface area contributed by atoms with Gasteiger partial charge in [0.1, 0.15) is 5.82 Å². The van der Waals surface area contributed by atoms with E-state index in [1.54, 1.807) is 6.07 Å². The third kappa shape index (κ3) is 6.50. The predicted molar refractivity (Wildman–Crippen MR) is 128 cm³/mol. The predicted octanol–water partition coefficient (Wildman–Crippen LogP) is 4.55. The lowest BCUT2D eigenvalue weighted by molar-refractivity contribution is 0.120. The number of allylic oxidation sites excluding steroid dienone is 6. The van der Waals surface area contributed by atoms with Crippen molar-refractivity contribution in [1.29, 1.82) is 0 Å². The summed E-state index contributed by atoms with van der Waals surface area (Å²) in [5.41, 5.74) is 2.94. The average molecular weight is 426 g/mol. The average Bonchev–Trinajstić information content (AvgIpc) is 3.00. The largest absolute Gasteiger partial charge is 0.394 e. The molecule has 0 spiro atoms. The summed E-state index contributed by atoms with van der Waals surface area (Å²) >= 11 is 0. The minimum atomic E-state index is -0.181. The molecule has 3 rings (SSSR count). The molecule has 5 nitrogen and oxygen atoms in total. The molecule has 1 heterocycles. The van der Waals surface area contributed by atoms with Crippen LogP contribution >= 0.6 is 0 Å². The fourth-order valence-electron chi connectivity index (χ4n) is 4.65. The Morgan fingerprint density at radius 2 is 2.00 bits per heavy atom. The van der Waals surface area contributed by atoms with Crippen LogP contribution in [0, 0.1) is 0 Å². The molecule has 170 valence electrons. The molecule has 0 unspecified atom stereocenters. The number of aliphatic hydroxyl groups excluding tert-OH is 1. The first kappa shape index (κ1) is 23.7. The number of hydrogen-bond donors (Lipinski definition) is 2. The molecule has 1 aromatic rings. The molecule has 0 aliphatic heterocycles. The van der Waals surface area contributed by atoms with Gasteiger partial charge in [-0.05, 0) is 38.2 Å². The molecular formula is C26H39N3O2. The minimum Gasteiger partial charge on any atom is -0.394 e. The summed E-state index contributed by atoms with van der Waals surface area (Å²) in [6.45, 7) is 5.70. The number of aryl methyl sites for hydroxylation is 1. The molecular weight excluding hydrogens is 386 g/mol. The van der Waals surface area contributed by atoms with Crippen molar-refractivity contribution in [3.05, 3.63) is 57.8 Å². The van der Waals surface area contributed by atoms with Crippen LogP contribution < -0.4 is 10.9 Å². The Kier molecular flexibility index (Phi) is 8.85. The molecule has 31 heavy (non-hydrogen) atoms. The Hall–Kier alpha value is -1.98. The zero-order chi connectivity index (χ0) is 22.1. The van der Waals surface area contributed by atoms with E-state index in [0.717, 1.165) is 74.9 Å². The van der Waals surface area contributed by atoms with Crippen LogP contribution in [0.25, 0.3) is 5.57 Å². The van der Waals surface area contributed by atoms with E-state index in [-0.39, 0.29) is 17.7 Å². The summed E-state index contributed by atoms with van der Waals surface area (Å²) < 4.78 is 1.84. The number of unbranched alkanes of at least 4 members (excludes halogenated alkanes) is 2. The van der Waals surface area contributed by atoms with Gasteiger partial charge in [-0.1, -0.05) is 68.9 Å². The van der Waals surface area contributed by atoms with Crippen molar-refractivity contribution in [2.45, 2.75) is 90.1 Å². The van der Waals surface area contributed by atoms with Gasteiger partial charge in [-0.3, -0.25) is 9.36 Å². The van der Waals surface area contributed by atoms with Gasteiger partial charge in [-0.25, -0.2) is 4.98 Å². The van der Waals surface area contributed by atoms with E-state index in [0.29, 0.717) is 13.1 Å². The van der Waals surface area contributed by atoms with Crippen molar-refractivity contribution in [1.82, 2.24) is 14.9 Å². The lowest BCUT2D eigenvalue weighted by Gasteiger charge is -2.36. The molecule has 0 saturated heterocycles. The number of nitrogens with one attached hydrogen (secondary N) is 1. The molecule has 5 heteroatoms. The minimum absolute atomic E-state index is 0.0230. The fourth-order valence-corrected chi connectivity index (χ4v) is 4.65. The van der Waals surface area contributed by atoms with Crippen molar-refractivity contribution in [3.63, 3.8) is 0 Å². The van der Waals surface area contributed by atoms with Gasteiger partial charge in [0.05, 0.1) is 12.3 Å². The highest BCUT2D eigenvalue weighted by atomic mass is 16.3. The zero-order valence-electron chi connectivity index (χ0n) is 19.3. The molecule has 2 aliphatic carbocycles. The van der Waals surface area contributed by atoms with Crippen LogP contribution in [0.15, 0.2) is 40.7 Å². The first-order chi connectivity index (χ1) is 15.1. The van der Waals surface area contributed by atoms with Gasteiger partial charge >= 0.3 is 0 Å². The first-order valence-corrected chi connectivity index (χ1v) is 12.1. The number of rotatable bonds is 10. The van der Waals surface area contributed by atoms with E-state index >= 15 is 0 Å². The summed E-state index contributed by atoms with van der Waals surface area (Å²) in [6.07, 6.45) is 18.9. The molecule has 0 amide bonds. The van der Waals surface area contributed by atoms with Gasteiger partial charge in [0.25, 0.3) is 5.56 Å². The van der Waals surface area contributed by atoms with Crippen LogP contribution in [0.4, 0.5) is 0 Å². The molecule has 1 aromatic heterocycles. The van der Waals surface area contributed by atoms with Crippen LogP contribution in [0.2, 0.25) is 0 Å². The van der Waals surface area contributed by atoms with E-state index in [1.807, 2.05) is 4.57 Å². The van der Waals surface area contributed by atoms with Crippen LogP contribution in [0.3, 0.4) is 0 Å². The van der Waals surface area contributed by atoms with Gasteiger partial charge in [-0.2, -0.15) is 0 Å². The maximum absolute atomic E-state index is 13.1. The molecule has 1 fully saturated rings. The molecule has 1 saturated carbocycles. The maximum atomic E-state index is 13.1. The van der Waals surface area contributed by atoms with Crippen LogP contribution in [-0.4, -0.2) is 33.3 Å². The zero-order valence-corrected chi connectivity index (χ0v) is 19.3. The summed E-state index contributed by atoms with van der Waals surface area (Å²) in [4.78, 5) is 18.1. The van der Waals surface area contributed by atoms with E-state index in [1.165, 1.54) is 12.0 Å². The molecule has 0 bridgehead atoms. The number of nitrogens with zero attached hydrogens (tertiary/aromatic N) is 2. The third-order valence-electron chi connectivity index (χ3n) is 6.63. The summed E-state index contributed by atoms with van der Waals surface area (Å²) in [5.74, 6) is 0.884. The van der Waals surface area contributed by atoms with Crippen molar-refractivity contribution in [2.24, 2.45) is 0 Å². The monoisotopic (exact) mass is 425 g/mol. The van der Waals surface area contributed by atoms with Crippen molar-refractivity contribution >= 4 is 5.57 Å². The Morgan fingerprint density at radius 3 is 2.74 bits per heavy atom. The second-order valence-electron chi connectivity index (χ2n) is 9.14. The van der Waals surface area contributed by atoms with Crippen molar-refractivity contribution in [3.8, 4) is 0 Å². The number of aromatic nitrogens is 2. The molecule has 2 N–H and O–H groups in total. The molecule has 2 aliphatic rings. The third-order valence-corrected chi connectivity index (χ3v) is 6.63. The standard InChI is InChI=1S/C26H39N3O2/c1-3-4-6-12-24-28-23(22-11-9-10-21(2)13-14-22)19-25(31)29(24)18-17-27-26(20-30)15-7-5-8-16-26/h9-10,13-14,19,27,30H,3-8,11-12,15-18,20H2,1-2H3. The fraction of sp³-hybridized carbons (Fsp3) is 0.615. The van der Waals surface area contributed by atoms with Crippen LogP contribution in [0.1, 0.15) is 83.2 Å². The summed E-state index contributed by atoms with van der Waals surface area (Å²) in [5, 5.41) is 13.5. The van der Waals surface area contributed by atoms with E-state index in [2.05, 4.69) is 43.5 Å². The van der Waals surface area contributed by atoms with Gasteiger partial charge in [0, 0.05) is 31.1 Å². The first-order valence-electron chi connectivity index (χ1n) is 12.1. The molecule has 0 aromatic carbocycles. The Balaban J connectivity index is 1.79. The SMILES string of the molecule is CCCCCc1nc(C2=CC=C(C)C=CC2)cc(=O)n1CCNC1(CO)CCCCC1. The Labute approximate surface area is 187 Å². The number of aliphatic hydroxyl groups is 1. The summed E-state index contributed by atoms with van der Waals surface area (Å²) in [6, 6.07) is 1.69. The Morgan fingerprint density at radius 1 is 1.19 bits per heavy atom. The second kappa shape index (κ2) is 11.6. The van der Waals surface area contributed by atoms with Gasteiger partial charge in [-0.15, -0.1) is 0 Å². The lowest BCUT2D eigenvalue weighted by atomic mass is 9.82. The molecule has 0 atom stereocenters. The highest BCUT2D eigenvalue weighted by Gasteiger charge is 2.30. The van der Waals surface area contributed by atoms with E-state index < -0.39 is 0 Å². The Bertz CT molecular complexity index is 873. The van der Waals surface area contributed by atoms with Crippen LogP contribution in [0.5, 0.6) is 0 Å². The lowest BCUT2D eigenvalue weighted by Crippen LogP contribution is -2.51. The van der Waals surface area contributed by atoms with Gasteiger partial charge in [0.15, 0.2) is 0 Å². The highest BCUT2D eigenvalue weighted by molar-refractivity contribution is 5.66.